The lowest BCUT2D eigenvalue weighted by molar-refractivity contribution is 0.0628. The Balaban J connectivity index is 1.05. The molecule has 1 aromatic heterocycles. The molecule has 0 aliphatic carbocycles. The van der Waals surface area contributed by atoms with E-state index < -0.39 is 0 Å². The van der Waals surface area contributed by atoms with Crippen molar-refractivity contribution < 1.29 is 9.18 Å². The van der Waals surface area contributed by atoms with E-state index in [0.29, 0.717) is 30.3 Å². The predicted molar refractivity (Wildman–Crippen MR) is 156 cm³/mol. The molecule has 5 rings (SSSR count). The zero-order valence-corrected chi connectivity index (χ0v) is 23.2. The Labute approximate surface area is 239 Å². The lowest BCUT2D eigenvalue weighted by Gasteiger charge is -2.34. The number of carbonyl (C=O) groups excluding carboxylic acids is 1. The summed E-state index contributed by atoms with van der Waals surface area (Å²) in [7, 11) is 0. The van der Waals surface area contributed by atoms with Gasteiger partial charge < -0.3 is 10.2 Å². The fraction of sp³-hybridized carbons (Fsp3) is 0.323. The van der Waals surface area contributed by atoms with Crippen molar-refractivity contribution in [1.29, 1.82) is 5.26 Å². The molecule has 3 aromatic rings. The predicted octanol–water partition coefficient (Wildman–Crippen LogP) is 4.78. The third-order valence-corrected chi connectivity index (χ3v) is 8.46. The molecule has 0 spiro atoms. The number of nitrogens with one attached hydrogen (secondary N) is 1. The van der Waals surface area contributed by atoms with Crippen LogP contribution in [0.4, 0.5) is 4.39 Å². The highest BCUT2D eigenvalue weighted by Gasteiger charge is 2.23. The van der Waals surface area contributed by atoms with E-state index in [1.807, 2.05) is 53.4 Å². The maximum Gasteiger partial charge on any atom is 0.255 e. The lowest BCUT2D eigenvalue weighted by atomic mass is 10.1. The highest BCUT2D eigenvalue weighted by atomic mass is 32.2. The number of nitrogens with zero attached hydrogens (tertiary/aromatic N) is 5. The Kier molecular flexibility index (Phi) is 9.12. The smallest absolute Gasteiger partial charge is 0.255 e. The van der Waals surface area contributed by atoms with Gasteiger partial charge >= 0.3 is 0 Å². The second-order valence-electron chi connectivity index (χ2n) is 10.2. The summed E-state index contributed by atoms with van der Waals surface area (Å²) < 4.78 is 15.5. The topological polar surface area (TPSA) is 75.5 Å². The molecule has 2 saturated heterocycles. The molecule has 0 unspecified atom stereocenters. The van der Waals surface area contributed by atoms with Crippen molar-refractivity contribution in [2.45, 2.75) is 30.3 Å². The van der Waals surface area contributed by atoms with Gasteiger partial charge in [-0.2, -0.15) is 5.26 Å². The Morgan fingerprint density at radius 3 is 2.33 bits per heavy atom. The van der Waals surface area contributed by atoms with E-state index in [2.05, 4.69) is 32.2 Å². The van der Waals surface area contributed by atoms with Crippen molar-refractivity contribution in [1.82, 2.24) is 24.4 Å². The fourth-order valence-corrected chi connectivity index (χ4v) is 5.94. The Hall–Kier alpha value is -3.71. The van der Waals surface area contributed by atoms with Crippen LogP contribution in [0.1, 0.15) is 40.0 Å². The van der Waals surface area contributed by atoms with Gasteiger partial charge in [-0.3, -0.25) is 14.7 Å². The first-order valence-electron chi connectivity index (χ1n) is 13.6. The van der Waals surface area contributed by atoms with E-state index in [0.717, 1.165) is 67.4 Å². The van der Waals surface area contributed by atoms with Crippen LogP contribution in [0, 0.1) is 17.1 Å². The van der Waals surface area contributed by atoms with Gasteiger partial charge in [0.2, 0.25) is 0 Å². The summed E-state index contributed by atoms with van der Waals surface area (Å²) in [5, 5.41) is 12.5. The zero-order chi connectivity index (χ0) is 27.9. The van der Waals surface area contributed by atoms with Gasteiger partial charge in [-0.1, -0.05) is 18.7 Å². The first-order valence-corrected chi connectivity index (χ1v) is 14.4. The summed E-state index contributed by atoms with van der Waals surface area (Å²) in [6, 6.07) is 20.4. The van der Waals surface area contributed by atoms with Crippen LogP contribution in [0.15, 0.2) is 78.3 Å². The van der Waals surface area contributed by atoms with Crippen LogP contribution in [0.3, 0.4) is 0 Å². The Morgan fingerprint density at radius 2 is 1.70 bits per heavy atom. The molecule has 206 valence electrons. The minimum absolute atomic E-state index is 0.00816. The van der Waals surface area contributed by atoms with E-state index in [9.17, 15) is 9.18 Å². The van der Waals surface area contributed by atoms with Gasteiger partial charge in [0, 0.05) is 62.9 Å². The van der Waals surface area contributed by atoms with Crippen LogP contribution >= 0.6 is 11.9 Å². The molecule has 2 aliphatic heterocycles. The van der Waals surface area contributed by atoms with Crippen molar-refractivity contribution in [3.8, 4) is 6.07 Å². The number of nitriles is 1. The van der Waals surface area contributed by atoms with Crippen molar-refractivity contribution >= 4 is 23.6 Å². The molecule has 9 heteroatoms. The summed E-state index contributed by atoms with van der Waals surface area (Å²) in [4.78, 5) is 22.9. The summed E-state index contributed by atoms with van der Waals surface area (Å²) >= 11 is 1.73. The largest absolute Gasteiger partial charge is 0.381 e. The maximum absolute atomic E-state index is 13.2. The van der Waals surface area contributed by atoms with E-state index in [4.69, 9.17) is 5.26 Å². The average molecular weight is 557 g/mol. The molecule has 40 heavy (non-hydrogen) atoms. The third-order valence-electron chi connectivity index (χ3n) is 7.35. The molecule has 2 aromatic carbocycles. The summed E-state index contributed by atoms with van der Waals surface area (Å²) in [5.41, 5.74) is 3.84. The van der Waals surface area contributed by atoms with E-state index in [1.54, 1.807) is 18.1 Å². The van der Waals surface area contributed by atoms with Gasteiger partial charge in [0.1, 0.15) is 5.82 Å². The molecule has 7 nitrogen and oxygen atoms in total. The van der Waals surface area contributed by atoms with Crippen LogP contribution in [0.5, 0.6) is 0 Å². The summed E-state index contributed by atoms with van der Waals surface area (Å²) in [6.45, 7) is 9.71. The number of pyridine rings is 1. The first-order chi connectivity index (χ1) is 19.5. The number of rotatable bonds is 8. The minimum Gasteiger partial charge on any atom is -0.381 e. The molecule has 0 atom stereocenters. The summed E-state index contributed by atoms with van der Waals surface area (Å²) in [6.07, 6.45) is 3.63. The number of carbonyl (C=O) groups is 1. The molecule has 0 bridgehead atoms. The third kappa shape index (κ3) is 7.27. The van der Waals surface area contributed by atoms with Crippen LogP contribution < -0.4 is 5.32 Å². The van der Waals surface area contributed by atoms with Gasteiger partial charge in [0.15, 0.2) is 0 Å². The van der Waals surface area contributed by atoms with E-state index in [-0.39, 0.29) is 11.7 Å². The van der Waals surface area contributed by atoms with E-state index >= 15 is 0 Å². The van der Waals surface area contributed by atoms with Crippen LogP contribution in [-0.2, 0) is 6.54 Å². The van der Waals surface area contributed by atoms with Gasteiger partial charge in [-0.25, -0.2) is 8.70 Å². The quantitative estimate of drug-likeness (QED) is 0.400. The number of benzene rings is 2. The molecule has 2 fully saturated rings. The molecule has 1 amide bonds. The number of hydrogen-bond acceptors (Lipinski definition) is 7. The Bertz CT molecular complexity index is 1340. The molecule has 2 aliphatic rings. The molecule has 3 heterocycles. The first kappa shape index (κ1) is 27.8. The van der Waals surface area contributed by atoms with Crippen molar-refractivity contribution in [2.75, 3.05) is 39.3 Å². The fourth-order valence-electron chi connectivity index (χ4n) is 4.99. The second-order valence-corrected chi connectivity index (χ2v) is 11.4. The van der Waals surface area contributed by atoms with Gasteiger partial charge in [-0.05, 0) is 78.9 Å². The van der Waals surface area contributed by atoms with Gasteiger partial charge in [0.05, 0.1) is 28.6 Å². The SMILES string of the molecule is C=C(NC1CCN(Sc2ccc(C#N)cc2)CC1)c1ccc(C(=O)N2CCN(Cc3ccc(F)cc3)CC2)cn1. The van der Waals surface area contributed by atoms with Gasteiger partial charge in [0.25, 0.3) is 5.91 Å². The highest BCUT2D eigenvalue weighted by Crippen LogP contribution is 2.27. The monoisotopic (exact) mass is 556 g/mol. The molecular weight excluding hydrogens is 523 g/mol. The molecule has 0 radical (unpaired) electrons. The van der Waals surface area contributed by atoms with Crippen LogP contribution in [0.25, 0.3) is 5.70 Å². The highest BCUT2D eigenvalue weighted by molar-refractivity contribution is 7.97. The molecule has 1 N–H and O–H groups in total. The normalized spacial score (nSPS) is 16.9. The number of amides is 1. The van der Waals surface area contributed by atoms with Crippen LogP contribution in [-0.4, -0.2) is 70.3 Å². The Morgan fingerprint density at radius 1 is 1.00 bits per heavy atom. The zero-order valence-electron chi connectivity index (χ0n) is 22.4. The second kappa shape index (κ2) is 13.1. The minimum atomic E-state index is -0.227. The number of piperazine rings is 1. The van der Waals surface area contributed by atoms with Crippen molar-refractivity contribution in [3.05, 3.63) is 102 Å². The molecular formula is C31H33FN6OS. The summed E-state index contributed by atoms with van der Waals surface area (Å²) in [5.74, 6) is -0.235. The lowest BCUT2D eigenvalue weighted by Crippen LogP contribution is -2.48. The van der Waals surface area contributed by atoms with Crippen molar-refractivity contribution in [3.63, 3.8) is 0 Å². The van der Waals surface area contributed by atoms with E-state index in [1.165, 1.54) is 12.1 Å². The van der Waals surface area contributed by atoms with Gasteiger partial charge in [-0.15, -0.1) is 0 Å². The number of piperidine rings is 1. The van der Waals surface area contributed by atoms with Crippen molar-refractivity contribution in [2.24, 2.45) is 0 Å². The number of hydrogen-bond donors (Lipinski definition) is 1. The number of aromatic nitrogens is 1. The van der Waals surface area contributed by atoms with Crippen LogP contribution in [0.2, 0.25) is 0 Å². The average Bonchev–Trinajstić information content (AvgIpc) is 3.00. The number of halogens is 1. The standard InChI is InChI=1S/C31H33FN6OS/c1-23(35-28-12-14-38(15-13-28)40-29-9-4-24(20-33)5-10-29)30-11-6-26(21-34-30)31(39)37-18-16-36(17-19-37)22-25-2-7-27(32)8-3-25/h2-11,21,28,35H,1,12-19,22H2. The maximum atomic E-state index is 13.2. The molecule has 0 saturated carbocycles.